The third kappa shape index (κ3) is 9.35. The van der Waals surface area contributed by atoms with Gasteiger partial charge in [0.2, 0.25) is 0 Å². The zero-order valence-electron chi connectivity index (χ0n) is 19.3. The van der Waals surface area contributed by atoms with Crippen LogP contribution in [0, 0.1) is 11.8 Å². The molecule has 2 N–H and O–H groups in total. The summed E-state index contributed by atoms with van der Waals surface area (Å²) in [6, 6.07) is 5.24. The maximum atomic E-state index is 12.9. The normalized spacial score (nSPS) is 20.8. The lowest BCUT2D eigenvalue weighted by Gasteiger charge is -2.21. The van der Waals surface area contributed by atoms with Gasteiger partial charge in [0.1, 0.15) is 0 Å². The number of ether oxygens (including phenoxy) is 1. The van der Waals surface area contributed by atoms with Gasteiger partial charge in [-0.3, -0.25) is 4.79 Å². The average Bonchev–Trinajstić information content (AvgIpc) is 3.19. The second-order valence-corrected chi connectivity index (χ2v) is 8.99. The molecule has 0 radical (unpaired) electrons. The largest absolute Gasteiger partial charge is 0.469 e. The zero-order chi connectivity index (χ0) is 24.3. The molecule has 186 valence electrons. The van der Waals surface area contributed by atoms with Crippen LogP contribution in [0.15, 0.2) is 29.4 Å². The number of hydrogen-bond acceptors (Lipinski definition) is 5. The molecule has 8 heteroatoms. The average molecular weight is 472 g/mol. The second kappa shape index (κ2) is 13.6. The van der Waals surface area contributed by atoms with E-state index in [-0.39, 0.29) is 11.9 Å². The van der Waals surface area contributed by atoms with Crippen LogP contribution in [0.1, 0.15) is 81.8 Å². The van der Waals surface area contributed by atoms with E-state index in [1.165, 1.54) is 13.2 Å². The summed E-state index contributed by atoms with van der Waals surface area (Å²) in [6.45, 7) is 0. The van der Waals surface area contributed by atoms with Crippen LogP contribution in [0.25, 0.3) is 0 Å². The monoisotopic (exact) mass is 471 g/mol. The summed E-state index contributed by atoms with van der Waals surface area (Å²) in [5, 5.41) is 23.3. The SMILES string of the molecule is COC(=O)CCCCCC[C@H]1CC/C(=N/O)C1CC[C@@H](O)CCc1cccc(C(F)(F)F)c1. The van der Waals surface area contributed by atoms with Gasteiger partial charge < -0.3 is 15.1 Å². The van der Waals surface area contributed by atoms with Crippen molar-refractivity contribution < 1.29 is 33.0 Å². The highest BCUT2D eigenvalue weighted by atomic mass is 19.4. The smallest absolute Gasteiger partial charge is 0.416 e. The summed E-state index contributed by atoms with van der Waals surface area (Å²) in [5.41, 5.74) is 0.681. The van der Waals surface area contributed by atoms with Crippen molar-refractivity contribution in [1.29, 1.82) is 0 Å². The summed E-state index contributed by atoms with van der Waals surface area (Å²) in [7, 11) is 1.39. The van der Waals surface area contributed by atoms with Crippen molar-refractivity contribution in [1.82, 2.24) is 0 Å². The molecule has 3 atom stereocenters. The third-order valence-electron chi connectivity index (χ3n) is 6.66. The molecular formula is C25H36F3NO4. The lowest BCUT2D eigenvalue weighted by atomic mass is 9.85. The number of nitrogens with zero attached hydrogens (tertiary/aromatic N) is 1. The zero-order valence-corrected chi connectivity index (χ0v) is 19.3. The molecular weight excluding hydrogens is 435 g/mol. The number of oxime groups is 1. The van der Waals surface area contributed by atoms with E-state index >= 15 is 0 Å². The molecule has 1 aliphatic rings. The predicted molar refractivity (Wildman–Crippen MR) is 120 cm³/mol. The molecule has 0 spiro atoms. The van der Waals surface area contributed by atoms with Crippen LogP contribution in [0.4, 0.5) is 13.2 Å². The van der Waals surface area contributed by atoms with Crippen LogP contribution in [-0.4, -0.2) is 35.2 Å². The van der Waals surface area contributed by atoms with E-state index in [4.69, 9.17) is 0 Å². The summed E-state index contributed by atoms with van der Waals surface area (Å²) >= 11 is 0. The molecule has 1 aromatic rings. The first-order valence-electron chi connectivity index (χ1n) is 11.9. The maximum absolute atomic E-state index is 12.9. The van der Waals surface area contributed by atoms with Crippen LogP contribution in [-0.2, 0) is 22.1 Å². The quantitative estimate of drug-likeness (QED) is 0.157. The van der Waals surface area contributed by atoms with Gasteiger partial charge in [-0.2, -0.15) is 13.2 Å². The van der Waals surface area contributed by atoms with Crippen molar-refractivity contribution >= 4 is 11.7 Å². The number of hydrogen-bond donors (Lipinski definition) is 2. The van der Waals surface area contributed by atoms with Gasteiger partial charge in [-0.05, 0) is 68.9 Å². The summed E-state index contributed by atoms with van der Waals surface area (Å²) < 4.78 is 43.2. The number of carbonyl (C=O) groups excluding carboxylic acids is 1. The minimum Gasteiger partial charge on any atom is -0.469 e. The van der Waals surface area contributed by atoms with Gasteiger partial charge in [0, 0.05) is 12.3 Å². The molecule has 0 bridgehead atoms. The van der Waals surface area contributed by atoms with Gasteiger partial charge in [0.15, 0.2) is 0 Å². The maximum Gasteiger partial charge on any atom is 0.416 e. The number of unbranched alkanes of at least 4 members (excludes halogenated alkanes) is 3. The number of aliphatic hydroxyl groups is 1. The molecule has 1 unspecified atom stereocenters. The Kier molecular flexibility index (Phi) is 11.2. The number of methoxy groups -OCH3 is 1. The van der Waals surface area contributed by atoms with Gasteiger partial charge in [-0.1, -0.05) is 42.6 Å². The Balaban J connectivity index is 1.74. The third-order valence-corrected chi connectivity index (χ3v) is 6.66. The standard InChI is InChI=1S/C25H36F3NO4/c1-33-24(31)10-5-3-2-4-8-19-12-16-23(29-32)22(19)15-14-21(30)13-11-18-7-6-9-20(17-18)25(26,27)28/h6-7,9,17,19,21-22,30,32H,2-5,8,10-16H2,1H3/b29-23-/t19-,21-,22?/m0/s1. The Bertz CT molecular complexity index is 766. The van der Waals surface area contributed by atoms with E-state index in [1.807, 2.05) is 0 Å². The number of esters is 1. The Morgan fingerprint density at radius 3 is 2.64 bits per heavy atom. The minimum atomic E-state index is -4.37. The first-order valence-corrected chi connectivity index (χ1v) is 11.9. The Morgan fingerprint density at radius 1 is 1.18 bits per heavy atom. The van der Waals surface area contributed by atoms with Crippen molar-refractivity contribution in [3.63, 3.8) is 0 Å². The molecule has 33 heavy (non-hydrogen) atoms. The molecule has 1 aromatic carbocycles. The highest BCUT2D eigenvalue weighted by molar-refractivity contribution is 5.88. The summed E-state index contributed by atoms with van der Waals surface area (Å²) in [6.07, 6.45) is 4.08. The van der Waals surface area contributed by atoms with Crippen molar-refractivity contribution in [3.8, 4) is 0 Å². The lowest BCUT2D eigenvalue weighted by Crippen LogP contribution is -2.19. The van der Waals surface area contributed by atoms with Crippen LogP contribution >= 0.6 is 0 Å². The number of aliphatic hydroxyl groups excluding tert-OH is 1. The number of carbonyl (C=O) groups is 1. The molecule has 1 fully saturated rings. The van der Waals surface area contributed by atoms with Crippen LogP contribution in [0.2, 0.25) is 0 Å². The van der Waals surface area contributed by atoms with Crippen molar-refractivity contribution in [3.05, 3.63) is 35.4 Å². The number of rotatable bonds is 13. The molecule has 0 amide bonds. The number of alkyl halides is 3. The van der Waals surface area contributed by atoms with E-state index in [1.54, 1.807) is 6.07 Å². The highest BCUT2D eigenvalue weighted by Gasteiger charge is 2.33. The highest BCUT2D eigenvalue weighted by Crippen LogP contribution is 2.37. The second-order valence-electron chi connectivity index (χ2n) is 8.99. The minimum absolute atomic E-state index is 0.133. The molecule has 0 aliphatic heterocycles. The lowest BCUT2D eigenvalue weighted by molar-refractivity contribution is -0.140. The predicted octanol–water partition coefficient (Wildman–Crippen LogP) is 6.15. The Morgan fingerprint density at radius 2 is 1.94 bits per heavy atom. The van der Waals surface area contributed by atoms with Crippen LogP contribution in [0.5, 0.6) is 0 Å². The van der Waals surface area contributed by atoms with Gasteiger partial charge in [0.05, 0.1) is 24.5 Å². The molecule has 0 saturated heterocycles. The van der Waals surface area contributed by atoms with Crippen LogP contribution < -0.4 is 0 Å². The van der Waals surface area contributed by atoms with Gasteiger partial charge in [0.25, 0.3) is 0 Å². The number of halogens is 3. The van der Waals surface area contributed by atoms with Crippen molar-refractivity contribution in [2.24, 2.45) is 17.0 Å². The Labute approximate surface area is 194 Å². The molecule has 0 aromatic heterocycles. The Hall–Kier alpha value is -2.09. The van der Waals surface area contributed by atoms with Gasteiger partial charge in [-0.15, -0.1) is 0 Å². The van der Waals surface area contributed by atoms with Gasteiger partial charge >= 0.3 is 12.1 Å². The topological polar surface area (TPSA) is 79.1 Å². The van der Waals surface area contributed by atoms with Gasteiger partial charge in [-0.25, -0.2) is 0 Å². The number of aryl methyl sites for hydroxylation is 1. The molecule has 0 heterocycles. The molecule has 1 aliphatic carbocycles. The molecule has 2 rings (SSSR count). The van der Waals surface area contributed by atoms with E-state index in [9.17, 15) is 28.3 Å². The van der Waals surface area contributed by atoms with Crippen molar-refractivity contribution in [2.45, 2.75) is 89.3 Å². The number of benzene rings is 1. The van der Waals surface area contributed by atoms with Crippen LogP contribution in [0.3, 0.4) is 0 Å². The first kappa shape index (κ1) is 27.2. The van der Waals surface area contributed by atoms with E-state index < -0.39 is 17.8 Å². The fourth-order valence-electron chi connectivity index (χ4n) is 4.75. The van der Waals surface area contributed by atoms with Crippen molar-refractivity contribution in [2.75, 3.05) is 7.11 Å². The van der Waals surface area contributed by atoms with E-state index in [0.717, 1.165) is 62.8 Å². The molecule has 1 saturated carbocycles. The van der Waals surface area contributed by atoms with E-state index in [2.05, 4.69) is 9.89 Å². The first-order chi connectivity index (χ1) is 15.7. The fraction of sp³-hybridized carbons (Fsp3) is 0.680. The molecule has 5 nitrogen and oxygen atoms in total. The fourth-order valence-corrected chi connectivity index (χ4v) is 4.75. The summed E-state index contributed by atoms with van der Waals surface area (Å²) in [5.74, 6) is 0.363. The summed E-state index contributed by atoms with van der Waals surface area (Å²) in [4.78, 5) is 11.1. The van der Waals surface area contributed by atoms with E-state index in [0.29, 0.717) is 43.6 Å².